The maximum absolute atomic E-state index is 12.1. The van der Waals surface area contributed by atoms with E-state index in [1.807, 2.05) is 54.7 Å². The average molecular weight is 294 g/mol. The molecule has 22 heavy (non-hydrogen) atoms. The van der Waals surface area contributed by atoms with E-state index in [0.717, 1.165) is 27.9 Å². The van der Waals surface area contributed by atoms with Gasteiger partial charge in [0.25, 0.3) is 0 Å². The van der Waals surface area contributed by atoms with Crippen molar-refractivity contribution in [2.45, 2.75) is 12.8 Å². The second-order valence-electron chi connectivity index (χ2n) is 5.18. The third kappa shape index (κ3) is 3.28. The second-order valence-corrected chi connectivity index (χ2v) is 5.18. The summed E-state index contributed by atoms with van der Waals surface area (Å²) < 4.78 is 5.19. The molecule has 0 fully saturated rings. The van der Waals surface area contributed by atoms with Crippen LogP contribution in [0.25, 0.3) is 10.9 Å². The Morgan fingerprint density at radius 3 is 2.95 bits per heavy atom. The number of methoxy groups -OCH3 is 1. The first-order chi connectivity index (χ1) is 10.7. The van der Waals surface area contributed by atoms with E-state index >= 15 is 0 Å². The van der Waals surface area contributed by atoms with Crippen molar-refractivity contribution < 1.29 is 9.53 Å². The average Bonchev–Trinajstić information content (AvgIpc) is 3.01. The maximum atomic E-state index is 12.1. The molecule has 0 spiro atoms. The Labute approximate surface area is 129 Å². The summed E-state index contributed by atoms with van der Waals surface area (Å²) in [5, 5.41) is 4.03. The Morgan fingerprint density at radius 2 is 2.09 bits per heavy atom. The lowest BCUT2D eigenvalue weighted by molar-refractivity contribution is -0.116. The molecule has 2 N–H and O–H groups in total. The number of ether oxygens (including phenoxy) is 1. The zero-order valence-electron chi connectivity index (χ0n) is 12.4. The van der Waals surface area contributed by atoms with E-state index in [0.29, 0.717) is 12.8 Å². The third-order valence-corrected chi connectivity index (χ3v) is 3.61. The number of aromatic nitrogens is 1. The number of hydrogen-bond donors (Lipinski definition) is 2. The van der Waals surface area contributed by atoms with Crippen molar-refractivity contribution in [2.24, 2.45) is 0 Å². The van der Waals surface area contributed by atoms with Crippen molar-refractivity contribution in [3.8, 4) is 5.75 Å². The summed E-state index contributed by atoms with van der Waals surface area (Å²) in [7, 11) is 1.64. The molecule has 1 heterocycles. The van der Waals surface area contributed by atoms with Gasteiger partial charge in [-0.05, 0) is 48.4 Å². The molecule has 0 bridgehead atoms. The largest absolute Gasteiger partial charge is 0.497 e. The molecule has 0 aliphatic heterocycles. The van der Waals surface area contributed by atoms with E-state index in [1.165, 1.54) is 0 Å². The van der Waals surface area contributed by atoms with Crippen LogP contribution in [0.5, 0.6) is 5.75 Å². The predicted molar refractivity (Wildman–Crippen MR) is 88.2 cm³/mol. The van der Waals surface area contributed by atoms with Crippen LogP contribution in [0.1, 0.15) is 12.0 Å². The smallest absolute Gasteiger partial charge is 0.224 e. The van der Waals surface area contributed by atoms with Crippen LogP contribution in [0.4, 0.5) is 5.69 Å². The van der Waals surface area contributed by atoms with Gasteiger partial charge >= 0.3 is 0 Å². The standard InChI is InChI=1S/C18H18N2O2/c1-22-16-4-2-3-13(11-16)5-8-18(21)20-15-6-7-17-14(12-15)9-10-19-17/h2-4,6-7,9-12,19H,5,8H2,1H3,(H,20,21). The van der Waals surface area contributed by atoms with E-state index in [-0.39, 0.29) is 5.91 Å². The highest BCUT2D eigenvalue weighted by molar-refractivity contribution is 5.93. The molecule has 0 saturated carbocycles. The number of benzene rings is 2. The summed E-state index contributed by atoms with van der Waals surface area (Å²) in [5.74, 6) is 0.827. The van der Waals surface area contributed by atoms with E-state index < -0.39 is 0 Å². The van der Waals surface area contributed by atoms with Gasteiger partial charge in [-0.25, -0.2) is 0 Å². The van der Waals surface area contributed by atoms with Gasteiger partial charge in [0.1, 0.15) is 5.75 Å². The molecule has 0 aliphatic carbocycles. The van der Waals surface area contributed by atoms with Crippen LogP contribution in [0.2, 0.25) is 0 Å². The van der Waals surface area contributed by atoms with Crippen LogP contribution in [0.3, 0.4) is 0 Å². The Balaban J connectivity index is 1.59. The van der Waals surface area contributed by atoms with Crippen molar-refractivity contribution in [3.63, 3.8) is 0 Å². The highest BCUT2D eigenvalue weighted by atomic mass is 16.5. The van der Waals surface area contributed by atoms with Crippen molar-refractivity contribution in [3.05, 3.63) is 60.3 Å². The molecule has 1 aromatic heterocycles. The topological polar surface area (TPSA) is 54.1 Å². The number of rotatable bonds is 5. The van der Waals surface area contributed by atoms with Gasteiger partial charge in [-0.2, -0.15) is 0 Å². The van der Waals surface area contributed by atoms with E-state index in [4.69, 9.17) is 4.74 Å². The van der Waals surface area contributed by atoms with Crippen LogP contribution in [-0.4, -0.2) is 18.0 Å². The number of hydrogen-bond acceptors (Lipinski definition) is 2. The fourth-order valence-electron chi connectivity index (χ4n) is 2.44. The maximum Gasteiger partial charge on any atom is 0.224 e. The zero-order chi connectivity index (χ0) is 15.4. The number of aromatic amines is 1. The number of carbonyl (C=O) groups is 1. The molecule has 0 saturated heterocycles. The fourth-order valence-corrected chi connectivity index (χ4v) is 2.44. The summed E-state index contributed by atoms with van der Waals surface area (Å²) in [6.45, 7) is 0. The van der Waals surface area contributed by atoms with Gasteiger partial charge in [0.15, 0.2) is 0 Å². The van der Waals surface area contributed by atoms with Gasteiger partial charge in [0, 0.05) is 29.2 Å². The summed E-state index contributed by atoms with van der Waals surface area (Å²) in [6, 6.07) is 15.6. The van der Waals surface area contributed by atoms with Gasteiger partial charge in [-0.15, -0.1) is 0 Å². The molecule has 4 heteroatoms. The zero-order valence-corrected chi connectivity index (χ0v) is 12.4. The monoisotopic (exact) mass is 294 g/mol. The van der Waals surface area contributed by atoms with Gasteiger partial charge in [-0.3, -0.25) is 4.79 Å². The molecule has 4 nitrogen and oxygen atoms in total. The first-order valence-corrected chi connectivity index (χ1v) is 7.24. The molecule has 0 atom stereocenters. The van der Waals surface area contributed by atoms with Crippen LogP contribution < -0.4 is 10.1 Å². The quantitative estimate of drug-likeness (QED) is 0.753. The molecule has 0 aliphatic rings. The van der Waals surface area contributed by atoms with Crippen LogP contribution >= 0.6 is 0 Å². The summed E-state index contributed by atoms with van der Waals surface area (Å²) in [4.78, 5) is 15.2. The van der Waals surface area contributed by atoms with Gasteiger partial charge < -0.3 is 15.0 Å². The van der Waals surface area contributed by atoms with Crippen molar-refractivity contribution in [1.29, 1.82) is 0 Å². The lowest BCUT2D eigenvalue weighted by Crippen LogP contribution is -2.12. The highest BCUT2D eigenvalue weighted by Crippen LogP contribution is 2.18. The first kappa shape index (κ1) is 14.2. The van der Waals surface area contributed by atoms with Gasteiger partial charge in [0.2, 0.25) is 5.91 Å². The lowest BCUT2D eigenvalue weighted by Gasteiger charge is -2.07. The molecule has 3 aromatic rings. The SMILES string of the molecule is COc1cccc(CCC(=O)Nc2ccc3[nH]ccc3c2)c1. The molecule has 0 radical (unpaired) electrons. The first-order valence-electron chi connectivity index (χ1n) is 7.24. The number of amides is 1. The molecule has 1 amide bonds. The van der Waals surface area contributed by atoms with Crippen molar-refractivity contribution >= 4 is 22.5 Å². The number of H-pyrrole nitrogens is 1. The Bertz CT molecular complexity index is 792. The summed E-state index contributed by atoms with van der Waals surface area (Å²) in [6.07, 6.45) is 3.02. The molecule has 2 aromatic carbocycles. The number of carbonyl (C=O) groups excluding carboxylic acids is 1. The minimum atomic E-state index is 0.0118. The van der Waals surface area contributed by atoms with Crippen LogP contribution in [0, 0.1) is 0 Å². The number of nitrogens with one attached hydrogen (secondary N) is 2. The normalized spacial score (nSPS) is 10.6. The number of anilines is 1. The van der Waals surface area contributed by atoms with Gasteiger partial charge in [0.05, 0.1) is 7.11 Å². The third-order valence-electron chi connectivity index (χ3n) is 3.61. The van der Waals surface area contributed by atoms with E-state index in [1.54, 1.807) is 7.11 Å². The number of aryl methyl sites for hydroxylation is 1. The number of fused-ring (bicyclic) bond motifs is 1. The summed E-state index contributed by atoms with van der Waals surface area (Å²) in [5.41, 5.74) is 2.98. The minimum Gasteiger partial charge on any atom is -0.497 e. The van der Waals surface area contributed by atoms with Crippen molar-refractivity contribution in [1.82, 2.24) is 4.98 Å². The molecular weight excluding hydrogens is 276 g/mol. The van der Waals surface area contributed by atoms with E-state index in [9.17, 15) is 4.79 Å². The fraction of sp³-hybridized carbons (Fsp3) is 0.167. The second kappa shape index (κ2) is 6.35. The van der Waals surface area contributed by atoms with Crippen LogP contribution in [0.15, 0.2) is 54.7 Å². The van der Waals surface area contributed by atoms with Crippen molar-refractivity contribution in [2.75, 3.05) is 12.4 Å². The summed E-state index contributed by atoms with van der Waals surface area (Å²) >= 11 is 0. The predicted octanol–water partition coefficient (Wildman–Crippen LogP) is 3.75. The Kier molecular flexibility index (Phi) is 4.10. The Hall–Kier alpha value is -2.75. The highest BCUT2D eigenvalue weighted by Gasteiger charge is 2.05. The molecule has 112 valence electrons. The molecular formula is C18H18N2O2. The Morgan fingerprint density at radius 1 is 1.18 bits per heavy atom. The van der Waals surface area contributed by atoms with Gasteiger partial charge in [-0.1, -0.05) is 12.1 Å². The van der Waals surface area contributed by atoms with Crippen LogP contribution in [-0.2, 0) is 11.2 Å². The molecule has 0 unspecified atom stereocenters. The minimum absolute atomic E-state index is 0.0118. The lowest BCUT2D eigenvalue weighted by atomic mass is 10.1. The molecule has 3 rings (SSSR count). The van der Waals surface area contributed by atoms with E-state index in [2.05, 4.69) is 10.3 Å².